The molecule has 2 amide bonds. The number of nitrogens with one attached hydrogen (secondary N) is 1. The lowest BCUT2D eigenvalue weighted by Gasteiger charge is -2.21. The molecule has 0 heterocycles. The van der Waals surface area contributed by atoms with Crippen LogP contribution >= 0.6 is 0 Å². The van der Waals surface area contributed by atoms with Gasteiger partial charge in [0.2, 0.25) is 11.8 Å². The van der Waals surface area contributed by atoms with E-state index in [-0.39, 0.29) is 36.6 Å². The van der Waals surface area contributed by atoms with Crippen molar-refractivity contribution in [1.82, 2.24) is 10.2 Å². The number of hydrogen-bond acceptors (Lipinski definition) is 3. The van der Waals surface area contributed by atoms with Gasteiger partial charge in [-0.15, -0.1) is 0 Å². The van der Waals surface area contributed by atoms with E-state index in [1.807, 2.05) is 18.7 Å². The summed E-state index contributed by atoms with van der Waals surface area (Å²) >= 11 is 0. The average molecular weight is 312 g/mol. The van der Waals surface area contributed by atoms with Gasteiger partial charge < -0.3 is 15.3 Å². The second kappa shape index (κ2) is 9.43. The molecule has 2 atom stereocenters. The van der Waals surface area contributed by atoms with Crippen molar-refractivity contribution in [2.24, 2.45) is 5.92 Å². The Morgan fingerprint density at radius 3 is 2.23 bits per heavy atom. The molecule has 0 unspecified atom stereocenters. The van der Waals surface area contributed by atoms with Gasteiger partial charge in [0.1, 0.15) is 0 Å². The Bertz CT molecular complexity index is 392. The zero-order valence-corrected chi connectivity index (χ0v) is 13.6. The minimum Gasteiger partial charge on any atom is -0.481 e. The fraction of sp³-hybridized carbons (Fsp3) is 0.812. The van der Waals surface area contributed by atoms with Crippen LogP contribution in [0.5, 0.6) is 0 Å². The average Bonchev–Trinajstić information content (AvgIpc) is 2.93. The molecular weight excluding hydrogens is 284 g/mol. The SMILES string of the molecule is CCCN(CCC)C(=O)CCC(=O)N[C@H]1CC[C@@H](C(=O)O)C1. The summed E-state index contributed by atoms with van der Waals surface area (Å²) in [5, 5.41) is 11.8. The van der Waals surface area contributed by atoms with Crippen LogP contribution in [0.4, 0.5) is 0 Å². The normalized spacial score (nSPS) is 20.6. The maximum absolute atomic E-state index is 12.1. The minimum absolute atomic E-state index is 0.0219. The Kier molecular flexibility index (Phi) is 7.91. The van der Waals surface area contributed by atoms with Gasteiger partial charge in [-0.05, 0) is 32.1 Å². The van der Waals surface area contributed by atoms with Crippen molar-refractivity contribution in [1.29, 1.82) is 0 Å². The lowest BCUT2D eigenvalue weighted by atomic mass is 10.1. The van der Waals surface area contributed by atoms with E-state index in [0.717, 1.165) is 25.9 Å². The van der Waals surface area contributed by atoms with Gasteiger partial charge in [0.05, 0.1) is 5.92 Å². The Balaban J connectivity index is 2.30. The summed E-state index contributed by atoms with van der Waals surface area (Å²) in [6.45, 7) is 5.53. The van der Waals surface area contributed by atoms with Crippen molar-refractivity contribution in [3.63, 3.8) is 0 Å². The highest BCUT2D eigenvalue weighted by Gasteiger charge is 2.30. The predicted octanol–water partition coefficient (Wildman–Crippen LogP) is 1.78. The first kappa shape index (κ1) is 18.5. The third-order valence-electron chi connectivity index (χ3n) is 4.05. The van der Waals surface area contributed by atoms with Gasteiger partial charge in [-0.25, -0.2) is 0 Å². The molecule has 0 saturated heterocycles. The predicted molar refractivity (Wildman–Crippen MR) is 83.3 cm³/mol. The largest absolute Gasteiger partial charge is 0.481 e. The van der Waals surface area contributed by atoms with E-state index in [1.165, 1.54) is 0 Å². The topological polar surface area (TPSA) is 86.7 Å². The quantitative estimate of drug-likeness (QED) is 0.679. The summed E-state index contributed by atoms with van der Waals surface area (Å²) in [5.74, 6) is -1.27. The van der Waals surface area contributed by atoms with Gasteiger partial charge in [-0.3, -0.25) is 14.4 Å². The molecule has 1 aliphatic rings. The fourth-order valence-electron chi connectivity index (χ4n) is 2.92. The van der Waals surface area contributed by atoms with E-state index in [1.54, 1.807) is 0 Å². The number of carboxylic acid groups (broad SMARTS) is 1. The second-order valence-corrected chi connectivity index (χ2v) is 5.99. The van der Waals surface area contributed by atoms with Crippen molar-refractivity contribution in [3.05, 3.63) is 0 Å². The first-order valence-corrected chi connectivity index (χ1v) is 8.27. The highest BCUT2D eigenvalue weighted by molar-refractivity contribution is 5.84. The highest BCUT2D eigenvalue weighted by atomic mass is 16.4. The molecule has 1 saturated carbocycles. The Morgan fingerprint density at radius 1 is 1.09 bits per heavy atom. The van der Waals surface area contributed by atoms with Crippen LogP contribution in [0.3, 0.4) is 0 Å². The van der Waals surface area contributed by atoms with Crippen molar-refractivity contribution in [2.75, 3.05) is 13.1 Å². The number of carbonyl (C=O) groups is 3. The summed E-state index contributed by atoms with van der Waals surface area (Å²) < 4.78 is 0. The Morgan fingerprint density at radius 2 is 1.73 bits per heavy atom. The lowest BCUT2D eigenvalue weighted by Crippen LogP contribution is -2.36. The number of hydrogen-bond donors (Lipinski definition) is 2. The standard InChI is InChI=1S/C16H28N2O4/c1-3-9-18(10-4-2)15(20)8-7-14(19)17-13-6-5-12(11-13)16(21)22/h12-13H,3-11H2,1-2H3,(H,17,19)(H,21,22)/t12-,13+/m1/s1. The zero-order valence-electron chi connectivity index (χ0n) is 13.6. The van der Waals surface area contributed by atoms with E-state index in [9.17, 15) is 14.4 Å². The Hall–Kier alpha value is -1.59. The van der Waals surface area contributed by atoms with Crippen LogP contribution in [0.1, 0.15) is 58.8 Å². The molecule has 0 bridgehead atoms. The van der Waals surface area contributed by atoms with Gasteiger partial charge >= 0.3 is 5.97 Å². The second-order valence-electron chi connectivity index (χ2n) is 5.99. The van der Waals surface area contributed by atoms with Crippen LogP contribution in [0.15, 0.2) is 0 Å². The van der Waals surface area contributed by atoms with E-state index < -0.39 is 5.97 Å². The van der Waals surface area contributed by atoms with Crippen molar-refractivity contribution < 1.29 is 19.5 Å². The zero-order chi connectivity index (χ0) is 16.5. The van der Waals surface area contributed by atoms with Gasteiger partial charge in [-0.1, -0.05) is 13.8 Å². The number of carbonyl (C=O) groups excluding carboxylic acids is 2. The Labute approximate surface area is 132 Å². The summed E-state index contributed by atoms with van der Waals surface area (Å²) in [6.07, 6.45) is 4.03. The minimum atomic E-state index is -0.790. The smallest absolute Gasteiger partial charge is 0.306 e. The third-order valence-corrected chi connectivity index (χ3v) is 4.05. The molecule has 0 aromatic rings. The molecule has 6 nitrogen and oxygen atoms in total. The van der Waals surface area contributed by atoms with Gasteiger partial charge in [-0.2, -0.15) is 0 Å². The van der Waals surface area contributed by atoms with E-state index >= 15 is 0 Å². The molecule has 6 heteroatoms. The van der Waals surface area contributed by atoms with E-state index in [2.05, 4.69) is 5.32 Å². The van der Waals surface area contributed by atoms with Gasteiger partial charge in [0, 0.05) is 32.0 Å². The van der Waals surface area contributed by atoms with Crippen molar-refractivity contribution in [2.45, 2.75) is 64.8 Å². The molecule has 0 aromatic heterocycles. The molecule has 1 fully saturated rings. The van der Waals surface area contributed by atoms with Crippen molar-refractivity contribution >= 4 is 17.8 Å². The lowest BCUT2D eigenvalue weighted by molar-refractivity contribution is -0.141. The third kappa shape index (κ3) is 6.03. The van der Waals surface area contributed by atoms with Crippen LogP contribution in [0.25, 0.3) is 0 Å². The molecule has 1 rings (SSSR count). The molecule has 1 aliphatic carbocycles. The van der Waals surface area contributed by atoms with E-state index in [4.69, 9.17) is 5.11 Å². The fourth-order valence-corrected chi connectivity index (χ4v) is 2.92. The summed E-state index contributed by atoms with van der Waals surface area (Å²) in [4.78, 5) is 36.7. The molecule has 0 aliphatic heterocycles. The molecule has 2 N–H and O–H groups in total. The van der Waals surface area contributed by atoms with Crippen molar-refractivity contribution in [3.8, 4) is 0 Å². The number of amides is 2. The number of aliphatic carboxylic acids is 1. The monoisotopic (exact) mass is 312 g/mol. The molecule has 0 radical (unpaired) electrons. The van der Waals surface area contributed by atoms with E-state index in [0.29, 0.717) is 19.3 Å². The summed E-state index contributed by atoms with van der Waals surface area (Å²) in [6, 6.07) is -0.0638. The molecule has 0 aromatic carbocycles. The number of nitrogens with zero attached hydrogens (tertiary/aromatic N) is 1. The van der Waals surface area contributed by atoms with Gasteiger partial charge in [0.25, 0.3) is 0 Å². The van der Waals surface area contributed by atoms with Crippen LogP contribution in [-0.2, 0) is 14.4 Å². The van der Waals surface area contributed by atoms with Crippen LogP contribution in [0, 0.1) is 5.92 Å². The molecule has 22 heavy (non-hydrogen) atoms. The highest BCUT2D eigenvalue weighted by Crippen LogP contribution is 2.25. The molecule has 0 spiro atoms. The molecule has 126 valence electrons. The maximum atomic E-state index is 12.1. The van der Waals surface area contributed by atoms with Gasteiger partial charge in [0.15, 0.2) is 0 Å². The number of rotatable bonds is 9. The van der Waals surface area contributed by atoms with Crippen LogP contribution < -0.4 is 5.32 Å². The summed E-state index contributed by atoms with van der Waals surface area (Å²) in [5.41, 5.74) is 0. The first-order chi connectivity index (χ1) is 10.5. The van der Waals surface area contributed by atoms with Crippen LogP contribution in [-0.4, -0.2) is 46.9 Å². The summed E-state index contributed by atoms with van der Waals surface area (Å²) in [7, 11) is 0. The number of carboxylic acids is 1. The van der Waals surface area contributed by atoms with Crippen LogP contribution in [0.2, 0.25) is 0 Å². The maximum Gasteiger partial charge on any atom is 0.306 e. The molecular formula is C16H28N2O4. The first-order valence-electron chi connectivity index (χ1n) is 8.27.